The van der Waals surface area contributed by atoms with Gasteiger partial charge >= 0.3 is 0 Å². The molecular weight excluding hydrogens is 382 g/mol. The second-order valence-corrected chi connectivity index (χ2v) is 9.60. The van der Waals surface area contributed by atoms with E-state index < -0.39 is 10.0 Å². The van der Waals surface area contributed by atoms with Crippen molar-refractivity contribution in [3.63, 3.8) is 0 Å². The lowest BCUT2D eigenvalue weighted by atomic mass is 10.0. The Labute approximate surface area is 164 Å². The van der Waals surface area contributed by atoms with Gasteiger partial charge in [0.25, 0.3) is 5.91 Å². The third kappa shape index (κ3) is 5.62. The Balaban J connectivity index is 1.54. The molecule has 6 nitrogen and oxygen atoms in total. The number of thiophene rings is 1. The highest BCUT2D eigenvalue weighted by molar-refractivity contribution is 7.89. The first-order chi connectivity index (χ1) is 12.9. The molecule has 2 aromatic rings. The van der Waals surface area contributed by atoms with Crippen LogP contribution in [0.2, 0.25) is 0 Å². The van der Waals surface area contributed by atoms with Gasteiger partial charge < -0.3 is 10.2 Å². The lowest BCUT2D eigenvalue weighted by molar-refractivity contribution is 0.0916. The molecule has 146 valence electrons. The Bertz CT molecular complexity index is 841. The van der Waals surface area contributed by atoms with E-state index in [4.69, 9.17) is 0 Å². The quantitative estimate of drug-likeness (QED) is 0.737. The van der Waals surface area contributed by atoms with E-state index >= 15 is 0 Å². The molecular formula is C19H25N3O3S2. The molecule has 1 aromatic carbocycles. The number of nitrogens with zero attached hydrogens (tertiary/aromatic N) is 1. The van der Waals surface area contributed by atoms with Gasteiger partial charge in [0.1, 0.15) is 0 Å². The summed E-state index contributed by atoms with van der Waals surface area (Å²) in [6.45, 7) is 2.29. The van der Waals surface area contributed by atoms with Gasteiger partial charge in [-0.2, -0.15) is 0 Å². The van der Waals surface area contributed by atoms with Crippen molar-refractivity contribution in [1.82, 2.24) is 14.9 Å². The maximum absolute atomic E-state index is 12.4. The number of benzene rings is 1. The molecule has 1 aliphatic rings. The maximum Gasteiger partial charge on any atom is 0.251 e. The third-order valence-corrected chi connectivity index (χ3v) is 7.14. The van der Waals surface area contributed by atoms with E-state index in [2.05, 4.69) is 22.0 Å². The van der Waals surface area contributed by atoms with Gasteiger partial charge in [0, 0.05) is 23.0 Å². The summed E-state index contributed by atoms with van der Waals surface area (Å²) in [7, 11) is -1.50. The Morgan fingerprint density at radius 1 is 1.19 bits per heavy atom. The molecule has 0 bridgehead atoms. The Hall–Kier alpha value is -1.74. The number of amides is 1. The van der Waals surface area contributed by atoms with Gasteiger partial charge in [-0.25, -0.2) is 13.1 Å². The van der Waals surface area contributed by atoms with E-state index in [-0.39, 0.29) is 16.8 Å². The first-order valence-electron chi connectivity index (χ1n) is 9.05. The first-order valence-corrected chi connectivity index (χ1v) is 11.4. The molecule has 0 spiro atoms. The molecule has 0 saturated carbocycles. The van der Waals surface area contributed by atoms with Crippen molar-refractivity contribution >= 4 is 27.3 Å². The molecule has 1 fully saturated rings. The molecule has 0 unspecified atom stereocenters. The van der Waals surface area contributed by atoms with Gasteiger partial charge in [-0.1, -0.05) is 6.07 Å². The van der Waals surface area contributed by atoms with Gasteiger partial charge in [-0.15, -0.1) is 11.3 Å². The number of hydrogen-bond donors (Lipinski definition) is 2. The average molecular weight is 408 g/mol. The normalized spacial score (nSPS) is 16.3. The van der Waals surface area contributed by atoms with Gasteiger partial charge in [-0.05, 0) is 75.1 Å². The summed E-state index contributed by atoms with van der Waals surface area (Å²) in [5.74, 6) is -0.154. The monoisotopic (exact) mass is 407 g/mol. The molecule has 2 N–H and O–H groups in total. The van der Waals surface area contributed by atoms with Crippen LogP contribution in [0.4, 0.5) is 0 Å². The van der Waals surface area contributed by atoms with E-state index in [0.717, 1.165) is 30.8 Å². The summed E-state index contributed by atoms with van der Waals surface area (Å²) < 4.78 is 27.4. The number of carbonyl (C=O) groups is 1. The number of piperidine rings is 1. The second-order valence-electron chi connectivity index (χ2n) is 6.80. The molecule has 0 radical (unpaired) electrons. The van der Waals surface area contributed by atoms with Crippen molar-refractivity contribution in [3.05, 3.63) is 52.2 Å². The molecule has 1 amide bonds. The Morgan fingerprint density at radius 3 is 2.52 bits per heavy atom. The first kappa shape index (κ1) is 20.0. The van der Waals surface area contributed by atoms with Crippen molar-refractivity contribution in [1.29, 1.82) is 0 Å². The molecule has 27 heavy (non-hydrogen) atoms. The van der Waals surface area contributed by atoms with Crippen LogP contribution in [0, 0.1) is 0 Å². The molecule has 2 heterocycles. The molecule has 1 aliphatic heterocycles. The number of hydrogen-bond acceptors (Lipinski definition) is 5. The summed E-state index contributed by atoms with van der Waals surface area (Å²) in [5.41, 5.74) is 0.478. The van der Waals surface area contributed by atoms with Crippen molar-refractivity contribution in [3.8, 4) is 0 Å². The van der Waals surface area contributed by atoms with Crippen molar-refractivity contribution in [2.24, 2.45) is 0 Å². The zero-order valence-corrected chi connectivity index (χ0v) is 17.0. The standard InChI is InChI=1S/C19H25N3O3S2/c1-22-12-9-16(10-13-22)21-19(23)15-4-6-18(7-5-15)27(24,25)20-11-8-17-3-2-14-26-17/h2-7,14,16,20H,8-13H2,1H3,(H,21,23). The van der Waals surface area contributed by atoms with E-state index in [9.17, 15) is 13.2 Å². The highest BCUT2D eigenvalue weighted by Gasteiger charge is 2.20. The van der Waals surface area contributed by atoms with Crippen LogP contribution in [-0.2, 0) is 16.4 Å². The Kier molecular flexibility index (Phi) is 6.64. The smallest absolute Gasteiger partial charge is 0.251 e. The van der Waals surface area contributed by atoms with Crippen LogP contribution in [0.25, 0.3) is 0 Å². The number of nitrogens with one attached hydrogen (secondary N) is 2. The minimum Gasteiger partial charge on any atom is -0.349 e. The SMILES string of the molecule is CN1CCC(NC(=O)c2ccc(S(=O)(=O)NCCc3cccs3)cc2)CC1. The van der Waals surface area contributed by atoms with Crippen LogP contribution >= 0.6 is 11.3 Å². The van der Waals surface area contributed by atoms with Crippen LogP contribution < -0.4 is 10.0 Å². The van der Waals surface area contributed by atoms with Crippen LogP contribution in [0.1, 0.15) is 28.1 Å². The topological polar surface area (TPSA) is 78.5 Å². The van der Waals surface area contributed by atoms with Gasteiger partial charge in [0.05, 0.1) is 4.90 Å². The highest BCUT2D eigenvalue weighted by atomic mass is 32.2. The fraction of sp³-hybridized carbons (Fsp3) is 0.421. The van der Waals surface area contributed by atoms with E-state index in [1.807, 2.05) is 17.5 Å². The maximum atomic E-state index is 12.4. The highest BCUT2D eigenvalue weighted by Crippen LogP contribution is 2.14. The molecule has 0 atom stereocenters. The summed E-state index contributed by atoms with van der Waals surface area (Å²) in [6.07, 6.45) is 2.53. The number of rotatable bonds is 7. The van der Waals surface area contributed by atoms with E-state index in [0.29, 0.717) is 18.5 Å². The van der Waals surface area contributed by atoms with Crippen LogP contribution in [0.5, 0.6) is 0 Å². The fourth-order valence-electron chi connectivity index (χ4n) is 3.05. The van der Waals surface area contributed by atoms with Crippen molar-refractivity contribution < 1.29 is 13.2 Å². The average Bonchev–Trinajstić information content (AvgIpc) is 3.17. The molecule has 1 aromatic heterocycles. The predicted octanol–water partition coefficient (Wildman–Crippen LogP) is 2.09. The van der Waals surface area contributed by atoms with Crippen LogP contribution in [0.3, 0.4) is 0 Å². The molecule has 3 rings (SSSR count). The molecule has 0 aliphatic carbocycles. The number of sulfonamides is 1. The van der Waals surface area contributed by atoms with Crippen molar-refractivity contribution in [2.75, 3.05) is 26.7 Å². The summed E-state index contributed by atoms with van der Waals surface area (Å²) >= 11 is 1.61. The Morgan fingerprint density at radius 2 is 1.89 bits per heavy atom. The van der Waals surface area contributed by atoms with Gasteiger partial charge in [0.15, 0.2) is 0 Å². The molecule has 1 saturated heterocycles. The lowest BCUT2D eigenvalue weighted by Gasteiger charge is -2.29. The van der Waals surface area contributed by atoms with Crippen LogP contribution in [0.15, 0.2) is 46.7 Å². The lowest BCUT2D eigenvalue weighted by Crippen LogP contribution is -2.43. The number of carbonyl (C=O) groups excluding carboxylic acids is 1. The minimum absolute atomic E-state index is 0.154. The van der Waals surface area contributed by atoms with Gasteiger partial charge in [0.2, 0.25) is 10.0 Å². The zero-order chi connectivity index (χ0) is 19.3. The summed E-state index contributed by atoms with van der Waals surface area (Å²) in [6, 6.07) is 10.2. The largest absolute Gasteiger partial charge is 0.349 e. The fourth-order valence-corrected chi connectivity index (χ4v) is 4.79. The third-order valence-electron chi connectivity index (χ3n) is 4.72. The van der Waals surface area contributed by atoms with E-state index in [1.54, 1.807) is 23.5 Å². The predicted molar refractivity (Wildman–Crippen MR) is 108 cm³/mol. The van der Waals surface area contributed by atoms with Gasteiger partial charge in [-0.3, -0.25) is 4.79 Å². The molecule has 8 heteroatoms. The minimum atomic E-state index is -3.57. The number of likely N-dealkylation sites (tertiary alicyclic amines) is 1. The van der Waals surface area contributed by atoms with Crippen molar-refractivity contribution in [2.45, 2.75) is 30.2 Å². The van der Waals surface area contributed by atoms with E-state index in [1.165, 1.54) is 12.1 Å². The summed E-state index contributed by atoms with van der Waals surface area (Å²) in [5, 5.41) is 5.01. The summed E-state index contributed by atoms with van der Waals surface area (Å²) in [4.78, 5) is 15.9. The second kappa shape index (κ2) is 8.97. The zero-order valence-electron chi connectivity index (χ0n) is 15.3. The van der Waals surface area contributed by atoms with Crippen LogP contribution in [-0.4, -0.2) is 51.9 Å².